The van der Waals surface area contributed by atoms with E-state index in [0.717, 1.165) is 36.4 Å². The van der Waals surface area contributed by atoms with Crippen molar-refractivity contribution in [3.8, 4) is 207 Å². The fraction of sp³-hybridized carbons (Fsp3) is 0.221. The first-order chi connectivity index (χ1) is 67.5. The van der Waals surface area contributed by atoms with E-state index < -0.39 is 431 Å². The zero-order valence-electron chi connectivity index (χ0n) is 72.0. The smallest absolute Gasteiger partial charge is 0.338 e. The Bertz CT molecular complexity index is 7140. The molecular formula is C95H80O48. The zero-order valence-corrected chi connectivity index (χ0v) is 72.0. The summed E-state index contributed by atoms with van der Waals surface area (Å²) in [5, 5.41) is 433. The summed E-state index contributed by atoms with van der Waals surface area (Å²) < 4.78 is 56.0. The summed E-state index contributed by atoms with van der Waals surface area (Å²) in [6.45, 7) is -1.23. The van der Waals surface area contributed by atoms with Gasteiger partial charge in [-0.25, -0.2) is 9.59 Å². The lowest BCUT2D eigenvalue weighted by Gasteiger charge is -2.44. The third-order valence-corrected chi connectivity index (χ3v) is 25.8. The van der Waals surface area contributed by atoms with Crippen LogP contribution in [0.4, 0.5) is 0 Å². The maximum Gasteiger partial charge on any atom is 0.338 e. The summed E-state index contributed by atoms with van der Waals surface area (Å²) in [6.07, 6.45) is -36.8. The highest BCUT2D eigenvalue weighted by Crippen LogP contribution is 2.68. The zero-order chi connectivity index (χ0) is 103. The van der Waals surface area contributed by atoms with Gasteiger partial charge in [-0.15, -0.1) is 0 Å². The summed E-state index contributed by atoms with van der Waals surface area (Å²) in [7, 11) is 0. The van der Waals surface area contributed by atoms with Crippen LogP contribution in [0.25, 0.3) is 0 Å². The molecule has 37 N–H and O–H groups in total. The molecule has 748 valence electrons. The normalized spacial score (nSPS) is 24.0. The predicted molar refractivity (Wildman–Crippen MR) is 466 cm³/mol. The van der Waals surface area contributed by atoms with E-state index in [0.29, 0.717) is 84.9 Å². The summed E-state index contributed by atoms with van der Waals surface area (Å²) >= 11 is 0. The monoisotopic (exact) mass is 1990 g/mol. The van der Waals surface area contributed by atoms with E-state index in [-0.39, 0.29) is 5.56 Å². The number of fused-ring (bicyclic) bond motifs is 5. The van der Waals surface area contributed by atoms with Crippen molar-refractivity contribution in [2.45, 2.75) is 122 Å². The molecule has 12 aromatic rings. The van der Waals surface area contributed by atoms with Gasteiger partial charge >= 0.3 is 11.9 Å². The maximum atomic E-state index is 15.6. The molecule has 6 aliphatic rings. The van der Waals surface area contributed by atoms with Gasteiger partial charge in [-0.05, 0) is 84.9 Å². The Morgan fingerprint density at radius 3 is 0.951 bits per heavy atom. The molecule has 0 aromatic heterocycles. The third kappa shape index (κ3) is 15.7. The molecule has 1 unspecified atom stereocenters. The van der Waals surface area contributed by atoms with Gasteiger partial charge in [-0.3, -0.25) is 0 Å². The number of aromatic hydroxyl groups is 30. The molecule has 6 heterocycles. The molecule has 6 aliphatic heterocycles. The number of rotatable bonds is 16. The molecule has 143 heavy (non-hydrogen) atoms. The van der Waals surface area contributed by atoms with Gasteiger partial charge in [0.2, 0.25) is 6.29 Å². The van der Waals surface area contributed by atoms with Crippen LogP contribution in [0.15, 0.2) is 121 Å². The van der Waals surface area contributed by atoms with Gasteiger partial charge in [-0.1, -0.05) is 0 Å². The molecule has 0 amide bonds. The van der Waals surface area contributed by atoms with Gasteiger partial charge in [-0.2, -0.15) is 0 Å². The minimum absolute atomic E-state index is 0.359. The Kier molecular flexibility index (Phi) is 23.3. The molecule has 0 radical (unpaired) electrons. The minimum atomic E-state index is -2.79. The van der Waals surface area contributed by atoms with Crippen molar-refractivity contribution in [3.63, 3.8) is 0 Å². The highest BCUT2D eigenvalue weighted by Gasteiger charge is 2.57. The Labute approximate surface area is 795 Å². The summed E-state index contributed by atoms with van der Waals surface area (Å²) in [4.78, 5) is 29.2. The van der Waals surface area contributed by atoms with Gasteiger partial charge < -0.3 is 232 Å². The molecule has 19 atom stereocenters. The summed E-state index contributed by atoms with van der Waals surface area (Å²) in [5.74, 6) is -54.5. The second-order valence-electron chi connectivity index (χ2n) is 34.4. The van der Waals surface area contributed by atoms with E-state index in [2.05, 4.69) is 0 Å². The number of esters is 2. The van der Waals surface area contributed by atoms with Crippen LogP contribution < -0.4 is 28.4 Å². The molecule has 1 saturated heterocycles. The number of carbonyl (C=O) groups excluding carboxylic acids is 2. The van der Waals surface area contributed by atoms with Crippen LogP contribution in [0.2, 0.25) is 0 Å². The first-order valence-corrected chi connectivity index (χ1v) is 42.3. The Morgan fingerprint density at radius 2 is 0.573 bits per heavy atom. The van der Waals surface area contributed by atoms with Crippen molar-refractivity contribution in [2.24, 2.45) is 0 Å². The fourth-order valence-electron chi connectivity index (χ4n) is 19.1. The van der Waals surface area contributed by atoms with Crippen LogP contribution in [0.1, 0.15) is 153 Å². The molecule has 0 bridgehead atoms. The van der Waals surface area contributed by atoms with Gasteiger partial charge in [0.25, 0.3) is 0 Å². The molecule has 48 nitrogen and oxygen atoms in total. The van der Waals surface area contributed by atoms with Crippen LogP contribution in [-0.4, -0.2) is 269 Å². The highest BCUT2D eigenvalue weighted by molar-refractivity contribution is 5.92. The van der Waals surface area contributed by atoms with E-state index in [1.54, 1.807) is 0 Å². The van der Waals surface area contributed by atoms with Crippen molar-refractivity contribution in [3.05, 3.63) is 210 Å². The lowest BCUT2D eigenvalue weighted by molar-refractivity contribution is -0.277. The average Bonchev–Trinajstić information content (AvgIpc) is 0.706. The van der Waals surface area contributed by atoms with Crippen LogP contribution >= 0.6 is 0 Å². The molecule has 12 aromatic carbocycles. The Morgan fingerprint density at radius 1 is 0.266 bits per heavy atom. The lowest BCUT2D eigenvalue weighted by atomic mass is 9.71. The van der Waals surface area contributed by atoms with E-state index in [1.165, 1.54) is 0 Å². The Balaban J connectivity index is 0.901. The first-order valence-electron chi connectivity index (χ1n) is 42.3. The number of phenolic OH excluding ortho intramolecular Hbond substituents is 30. The lowest BCUT2D eigenvalue weighted by Crippen LogP contribution is -2.60. The number of ether oxygens (including phenoxy) is 9. The van der Waals surface area contributed by atoms with Gasteiger partial charge in [0.1, 0.15) is 136 Å². The average molecular weight is 1990 g/mol. The molecule has 0 spiro atoms. The second kappa shape index (κ2) is 34.9. The van der Waals surface area contributed by atoms with E-state index in [4.69, 9.17) is 42.6 Å². The number of aliphatic hydroxyl groups excluding tert-OH is 7. The predicted octanol–water partition coefficient (Wildman–Crippen LogP) is 5.31. The highest BCUT2D eigenvalue weighted by atomic mass is 16.7. The van der Waals surface area contributed by atoms with Crippen molar-refractivity contribution in [1.82, 2.24) is 0 Å². The number of carbonyl (C=O) groups is 2. The van der Waals surface area contributed by atoms with Crippen molar-refractivity contribution >= 4 is 11.9 Å². The molecule has 48 heteroatoms. The SMILES string of the molecule is O=C(OC[C@H]1O[C@@H](Oc2cc3c(c(O)c2[C@@H]2c4c(cc(O)c([C@H]5c6c(cc(O)c([C@H]7c8c(cc(O)c([C@H]9c%10c(O)cc(O)cc%10O[C@H](c%10cc(O)c(O)c(O)c%10)[C@@H]9O)c8O)O[C@H](c8cc(O)c(O)c(O)c8)[C@@H]7O)c6O)O[C@H](c6cc(O)c(O)c(O)c6)C5O)c4O)O[C@@H](c4cc(O)c(O)c(O)c4)[C@H]2OC(=O)c2cc(O)c(O)c(O)c2)C[C@H](O)[C@H](c2cc(O)c(O)c(O)c2)O3)[C@H](O)[C@@H](O)[C@@H]1O)c1cc(O)c(O)c(O)c1. The van der Waals surface area contributed by atoms with Gasteiger partial charge in [0.15, 0.2) is 157 Å². The second-order valence-corrected chi connectivity index (χ2v) is 34.4. The van der Waals surface area contributed by atoms with Crippen molar-refractivity contribution in [2.75, 3.05) is 6.61 Å². The number of phenols is 30. The number of hydrogen-bond donors (Lipinski definition) is 37. The number of hydrogen-bond acceptors (Lipinski definition) is 48. The largest absolute Gasteiger partial charge is 0.508 e. The standard InChI is InChI=1S/C95H80O48/c96-30-15-32(97)58-52(16-30)137-88(24-3-38(103)72(118)39(104)4-24)82(128)66(58)59-33(98)18-53-62(79(59)125)67(83(129)89(138-53)25-5-40(105)73(119)41(106)6-25)60-34(99)19-54-63(80(60)126)68(84(130)90(139-54)26-7-42(107)74(120)43(108)8-26)61-35(100)20-55-65(81(61)127)69(92(91(140-55)27-9-44(109)75(121)45(110)10-27)143-94(134)29-13-48(113)77(123)49(114)14-29)64-56(21-51-31(70(64)116)17-50(115)87(136-51)23-1-36(101)71(117)37(102)2-23)141-95-86(132)85(131)78(124)57(142-95)22-135-93(133)28-11-46(111)76(122)47(112)12-28/h1-16,18-21,50,57,66-69,78,82-92,95-132H,17,22H2/t50-,57+,66+,67-,68-,69+,78+,82+,83+,84?,85-,86+,87-,88+,89+,90+,91-,92-,95+/m0/s1. The van der Waals surface area contributed by atoms with E-state index in [1.807, 2.05) is 0 Å². The Hall–Kier alpha value is -17.9. The van der Waals surface area contributed by atoms with Crippen LogP contribution in [0.3, 0.4) is 0 Å². The first kappa shape index (κ1) is 95.4. The minimum Gasteiger partial charge on any atom is -0.508 e. The third-order valence-electron chi connectivity index (χ3n) is 25.8. The number of benzene rings is 12. The molecule has 18 rings (SSSR count). The summed E-state index contributed by atoms with van der Waals surface area (Å²) in [6, 6.07) is 13.4. The van der Waals surface area contributed by atoms with Crippen LogP contribution in [0.5, 0.6) is 207 Å². The van der Waals surface area contributed by atoms with Crippen molar-refractivity contribution in [1.29, 1.82) is 0 Å². The van der Waals surface area contributed by atoms with Gasteiger partial charge in [0, 0.05) is 121 Å². The number of aliphatic hydroxyl groups is 7. The van der Waals surface area contributed by atoms with E-state index >= 15 is 4.79 Å². The molecule has 1 fully saturated rings. The van der Waals surface area contributed by atoms with E-state index in [9.17, 15) is 194 Å². The maximum absolute atomic E-state index is 15.6. The fourth-order valence-corrected chi connectivity index (χ4v) is 19.1. The van der Waals surface area contributed by atoms with Crippen molar-refractivity contribution < 1.29 is 241 Å². The molecule has 0 aliphatic carbocycles. The molecule has 0 saturated carbocycles. The van der Waals surface area contributed by atoms with Crippen LogP contribution in [0, 0.1) is 0 Å². The van der Waals surface area contributed by atoms with Crippen LogP contribution in [-0.2, 0) is 20.6 Å². The topological polar surface area (TPSA) is 866 Å². The molecular weight excluding hydrogens is 1910 g/mol. The summed E-state index contributed by atoms with van der Waals surface area (Å²) in [5.41, 5.74) is -13.2. The van der Waals surface area contributed by atoms with Gasteiger partial charge in [0.05, 0.1) is 40.9 Å². The quantitative estimate of drug-likeness (QED) is 0.0430.